The molecule has 0 atom stereocenters. The van der Waals surface area contributed by atoms with Crippen LogP contribution in [0.3, 0.4) is 0 Å². The molecule has 0 spiro atoms. The number of alkyl halides is 2. The molecule has 0 bridgehead atoms. The van der Waals surface area contributed by atoms with E-state index in [1.54, 1.807) is 6.92 Å². The molecule has 1 aromatic rings. The molecule has 0 fully saturated rings. The number of aromatic nitrogens is 2. The van der Waals surface area contributed by atoms with E-state index >= 15 is 0 Å². The van der Waals surface area contributed by atoms with Crippen molar-refractivity contribution in [1.82, 2.24) is 14.7 Å². The molecular weight excluding hydrogens is 272 g/mol. The van der Waals surface area contributed by atoms with Gasteiger partial charge in [-0.3, -0.25) is 9.59 Å². The highest BCUT2D eigenvalue weighted by Gasteiger charge is 2.25. The molecule has 0 saturated carbocycles. The van der Waals surface area contributed by atoms with E-state index in [1.165, 1.54) is 14.0 Å². The third kappa shape index (κ3) is 3.38. The van der Waals surface area contributed by atoms with Gasteiger partial charge in [-0.25, -0.2) is 13.5 Å². The van der Waals surface area contributed by atoms with Gasteiger partial charge in [0.25, 0.3) is 17.9 Å². The second-order valence-electron chi connectivity index (χ2n) is 4.38. The predicted molar refractivity (Wildman–Crippen MR) is 67.9 cm³/mol. The number of carbonyl (C=O) groups is 1. The summed E-state index contributed by atoms with van der Waals surface area (Å²) in [4.78, 5) is 25.0. The zero-order chi connectivity index (χ0) is 15.4. The van der Waals surface area contributed by atoms with Gasteiger partial charge in [0.1, 0.15) is 5.56 Å². The predicted octanol–water partition coefficient (Wildman–Crippen LogP) is 0.0967. The summed E-state index contributed by atoms with van der Waals surface area (Å²) in [6.45, 7) is 1.61. The maximum absolute atomic E-state index is 12.5. The number of amides is 1. The number of carbonyl (C=O) groups excluding carboxylic acids is 1. The number of halogens is 2. The number of hydrogen-bond acceptors (Lipinski definition) is 4. The summed E-state index contributed by atoms with van der Waals surface area (Å²) in [6, 6.07) is 0. The van der Waals surface area contributed by atoms with E-state index in [0.717, 1.165) is 9.58 Å². The zero-order valence-corrected chi connectivity index (χ0v) is 11.6. The van der Waals surface area contributed by atoms with Crippen LogP contribution in [0, 0.1) is 13.8 Å². The first kappa shape index (κ1) is 16.2. The normalized spacial score (nSPS) is 10.9. The number of aliphatic hydroxyl groups is 1. The summed E-state index contributed by atoms with van der Waals surface area (Å²) in [5, 5.41) is 12.8. The summed E-state index contributed by atoms with van der Waals surface area (Å²) in [6.07, 6.45) is -2.74. The lowest BCUT2D eigenvalue weighted by Crippen LogP contribution is -2.41. The Morgan fingerprint density at radius 1 is 1.45 bits per heavy atom. The van der Waals surface area contributed by atoms with Gasteiger partial charge in [0, 0.05) is 13.6 Å². The standard InChI is InChI=1S/C12H17F2N3O3/c1-7-8(2)15-16(3)11(19)10(7)12(20)17(4-5-18)6-9(13)14/h9,18H,4-6H2,1-3H3. The Morgan fingerprint density at radius 3 is 2.55 bits per heavy atom. The van der Waals surface area contributed by atoms with E-state index in [9.17, 15) is 18.4 Å². The average Bonchev–Trinajstić information content (AvgIpc) is 2.35. The first-order valence-electron chi connectivity index (χ1n) is 6.02. The van der Waals surface area contributed by atoms with Crippen molar-refractivity contribution in [1.29, 1.82) is 0 Å². The van der Waals surface area contributed by atoms with Crippen molar-refractivity contribution < 1.29 is 18.7 Å². The molecule has 0 saturated heterocycles. The molecule has 0 unspecified atom stereocenters. The van der Waals surface area contributed by atoms with Gasteiger partial charge in [-0.15, -0.1) is 0 Å². The van der Waals surface area contributed by atoms with Gasteiger partial charge in [0.15, 0.2) is 0 Å². The van der Waals surface area contributed by atoms with Crippen LogP contribution >= 0.6 is 0 Å². The molecule has 1 rings (SSSR count). The van der Waals surface area contributed by atoms with Crippen LogP contribution in [0.2, 0.25) is 0 Å². The van der Waals surface area contributed by atoms with Gasteiger partial charge in [0.05, 0.1) is 18.8 Å². The van der Waals surface area contributed by atoms with Crippen LogP contribution in [0.1, 0.15) is 21.6 Å². The molecule has 0 aliphatic carbocycles. The van der Waals surface area contributed by atoms with Crippen LogP contribution < -0.4 is 5.56 Å². The van der Waals surface area contributed by atoms with Gasteiger partial charge in [-0.2, -0.15) is 5.10 Å². The minimum absolute atomic E-state index is 0.186. The van der Waals surface area contributed by atoms with Gasteiger partial charge in [-0.1, -0.05) is 0 Å². The van der Waals surface area contributed by atoms with Gasteiger partial charge in [0.2, 0.25) is 0 Å². The maximum atomic E-state index is 12.5. The van der Waals surface area contributed by atoms with Crippen molar-refractivity contribution in [3.63, 3.8) is 0 Å². The van der Waals surface area contributed by atoms with E-state index in [1.807, 2.05) is 0 Å². The lowest BCUT2D eigenvalue weighted by molar-refractivity contribution is 0.0506. The highest BCUT2D eigenvalue weighted by atomic mass is 19.3. The number of rotatable bonds is 5. The first-order chi connectivity index (χ1) is 9.29. The lowest BCUT2D eigenvalue weighted by Gasteiger charge is -2.22. The highest BCUT2D eigenvalue weighted by molar-refractivity contribution is 5.95. The topological polar surface area (TPSA) is 75.4 Å². The molecule has 6 nitrogen and oxygen atoms in total. The first-order valence-corrected chi connectivity index (χ1v) is 6.02. The average molecular weight is 289 g/mol. The number of aryl methyl sites for hydroxylation is 2. The Hall–Kier alpha value is -1.83. The van der Waals surface area contributed by atoms with E-state index in [0.29, 0.717) is 11.3 Å². The second kappa shape index (κ2) is 6.56. The Morgan fingerprint density at radius 2 is 2.05 bits per heavy atom. The fraction of sp³-hybridized carbons (Fsp3) is 0.583. The third-order valence-electron chi connectivity index (χ3n) is 2.95. The van der Waals surface area contributed by atoms with Gasteiger partial charge >= 0.3 is 0 Å². The molecule has 1 aromatic heterocycles. The van der Waals surface area contributed by atoms with E-state index in [4.69, 9.17) is 5.11 Å². The summed E-state index contributed by atoms with van der Waals surface area (Å²) >= 11 is 0. The fourth-order valence-electron chi connectivity index (χ4n) is 1.82. The molecule has 0 aliphatic rings. The van der Waals surface area contributed by atoms with Crippen LogP contribution in [-0.4, -0.2) is 51.8 Å². The quantitative estimate of drug-likeness (QED) is 0.834. The van der Waals surface area contributed by atoms with E-state index in [2.05, 4.69) is 5.10 Å². The highest BCUT2D eigenvalue weighted by Crippen LogP contribution is 2.10. The fourth-order valence-corrected chi connectivity index (χ4v) is 1.82. The molecule has 0 aromatic carbocycles. The van der Waals surface area contributed by atoms with E-state index in [-0.39, 0.29) is 12.1 Å². The Labute approximate surface area is 114 Å². The molecular formula is C12H17F2N3O3. The van der Waals surface area contributed by atoms with Crippen LogP contribution in [0.4, 0.5) is 8.78 Å². The summed E-state index contributed by atoms with van der Waals surface area (Å²) in [7, 11) is 1.38. The minimum Gasteiger partial charge on any atom is -0.395 e. The number of nitrogens with zero attached hydrogens (tertiary/aromatic N) is 3. The molecule has 1 amide bonds. The van der Waals surface area contributed by atoms with Crippen molar-refractivity contribution in [2.75, 3.05) is 19.7 Å². The van der Waals surface area contributed by atoms with Crippen molar-refractivity contribution in [2.24, 2.45) is 7.05 Å². The monoisotopic (exact) mass is 289 g/mol. The van der Waals surface area contributed by atoms with Crippen molar-refractivity contribution in [2.45, 2.75) is 20.3 Å². The zero-order valence-electron chi connectivity index (χ0n) is 11.6. The summed E-state index contributed by atoms with van der Waals surface area (Å²) in [5.41, 5.74) is -0.00356. The molecule has 0 aliphatic heterocycles. The van der Waals surface area contributed by atoms with Crippen molar-refractivity contribution >= 4 is 5.91 Å². The molecule has 1 N–H and O–H groups in total. The molecule has 0 radical (unpaired) electrons. The Kier molecular flexibility index (Phi) is 5.32. The minimum atomic E-state index is -2.74. The molecule has 8 heteroatoms. The van der Waals surface area contributed by atoms with Crippen LogP contribution in [0.25, 0.3) is 0 Å². The SMILES string of the molecule is Cc1nn(C)c(=O)c(C(=O)N(CCO)CC(F)F)c1C. The number of aliphatic hydroxyl groups excluding tert-OH is 1. The van der Waals surface area contributed by atoms with E-state index < -0.39 is 31.0 Å². The number of hydrogen-bond donors (Lipinski definition) is 1. The smallest absolute Gasteiger partial charge is 0.279 e. The van der Waals surface area contributed by atoms with Crippen LogP contribution in [0.5, 0.6) is 0 Å². The lowest BCUT2D eigenvalue weighted by atomic mass is 10.1. The molecule has 1 heterocycles. The summed E-state index contributed by atoms with van der Waals surface area (Å²) < 4.78 is 25.9. The Balaban J connectivity index is 3.28. The summed E-state index contributed by atoms with van der Waals surface area (Å²) in [5.74, 6) is -0.817. The third-order valence-corrected chi connectivity index (χ3v) is 2.95. The Bertz CT molecular complexity index is 558. The molecule has 20 heavy (non-hydrogen) atoms. The van der Waals surface area contributed by atoms with Gasteiger partial charge < -0.3 is 10.0 Å². The van der Waals surface area contributed by atoms with Gasteiger partial charge in [-0.05, 0) is 19.4 Å². The largest absolute Gasteiger partial charge is 0.395 e. The van der Waals surface area contributed by atoms with Crippen molar-refractivity contribution in [3.05, 3.63) is 27.2 Å². The maximum Gasteiger partial charge on any atom is 0.279 e. The molecule has 112 valence electrons. The van der Waals surface area contributed by atoms with Crippen molar-refractivity contribution in [3.8, 4) is 0 Å². The second-order valence-corrected chi connectivity index (χ2v) is 4.38. The van der Waals surface area contributed by atoms with Crippen LogP contribution in [-0.2, 0) is 7.05 Å². The van der Waals surface area contributed by atoms with Crippen LogP contribution in [0.15, 0.2) is 4.79 Å².